The summed E-state index contributed by atoms with van der Waals surface area (Å²) in [6, 6.07) is 13.0. The molecular weight excluding hydrogens is 422 g/mol. The number of fused-ring (bicyclic) bond motifs is 1. The standard InChI is InChI=1S/C22H27N3O3S.ClH/c1-5-24(6-2)12-13-25(21(26)16-8-7-9-17(14-16)27-3)22-23-19-11-10-18(28-4)15-20(19)29-22;/h7-11,14-15H,5-6,12-13H2,1-4H3;1H. The second-order valence-electron chi connectivity index (χ2n) is 6.55. The monoisotopic (exact) mass is 449 g/mol. The molecule has 0 fully saturated rings. The molecule has 6 nitrogen and oxygen atoms in total. The number of rotatable bonds is 9. The van der Waals surface area contributed by atoms with Gasteiger partial charge < -0.3 is 14.4 Å². The van der Waals surface area contributed by atoms with Crippen LogP contribution in [-0.2, 0) is 0 Å². The lowest BCUT2D eigenvalue weighted by molar-refractivity contribution is 0.0983. The number of amides is 1. The van der Waals surface area contributed by atoms with E-state index in [-0.39, 0.29) is 18.3 Å². The number of hydrogen-bond acceptors (Lipinski definition) is 6. The topological polar surface area (TPSA) is 54.9 Å². The Morgan fingerprint density at radius 1 is 1.00 bits per heavy atom. The highest BCUT2D eigenvalue weighted by Gasteiger charge is 2.22. The van der Waals surface area contributed by atoms with E-state index in [4.69, 9.17) is 14.5 Å². The Balaban J connectivity index is 0.00000320. The van der Waals surface area contributed by atoms with Crippen LogP contribution in [-0.4, -0.2) is 56.2 Å². The van der Waals surface area contributed by atoms with Crippen molar-refractivity contribution in [2.75, 3.05) is 45.3 Å². The van der Waals surface area contributed by atoms with E-state index in [0.717, 1.165) is 35.6 Å². The molecule has 1 aromatic heterocycles. The lowest BCUT2D eigenvalue weighted by Gasteiger charge is -2.24. The third kappa shape index (κ3) is 5.41. The smallest absolute Gasteiger partial charge is 0.260 e. The van der Waals surface area contributed by atoms with E-state index in [9.17, 15) is 4.79 Å². The SMILES string of the molecule is CCN(CC)CCN(C(=O)c1cccc(OC)c1)c1nc2ccc(OC)cc2s1.Cl. The summed E-state index contributed by atoms with van der Waals surface area (Å²) in [7, 11) is 3.24. The number of likely N-dealkylation sites (N-methyl/N-ethyl adjacent to an activating group) is 1. The zero-order chi connectivity index (χ0) is 20.8. The zero-order valence-electron chi connectivity index (χ0n) is 17.8. The van der Waals surface area contributed by atoms with E-state index in [2.05, 4.69) is 18.7 Å². The number of ether oxygens (including phenoxy) is 2. The Morgan fingerprint density at radius 3 is 2.37 bits per heavy atom. The third-order valence-electron chi connectivity index (χ3n) is 4.91. The molecule has 0 radical (unpaired) electrons. The van der Waals surface area contributed by atoms with E-state index >= 15 is 0 Å². The maximum atomic E-state index is 13.4. The molecule has 0 aliphatic carbocycles. The number of anilines is 1. The Labute approximate surface area is 187 Å². The van der Waals surface area contributed by atoms with Gasteiger partial charge in [-0.1, -0.05) is 31.3 Å². The normalized spacial score (nSPS) is 10.7. The molecule has 0 bridgehead atoms. The number of halogens is 1. The lowest BCUT2D eigenvalue weighted by atomic mass is 10.2. The first-order valence-electron chi connectivity index (χ1n) is 9.72. The maximum Gasteiger partial charge on any atom is 0.260 e. The van der Waals surface area contributed by atoms with E-state index < -0.39 is 0 Å². The van der Waals surface area contributed by atoms with Crippen molar-refractivity contribution in [2.24, 2.45) is 0 Å². The van der Waals surface area contributed by atoms with Crippen molar-refractivity contribution < 1.29 is 14.3 Å². The molecular formula is C22H28ClN3O3S. The number of hydrogen-bond donors (Lipinski definition) is 0. The van der Waals surface area contributed by atoms with Crippen LogP contribution in [0.15, 0.2) is 42.5 Å². The van der Waals surface area contributed by atoms with Crippen molar-refractivity contribution in [1.29, 1.82) is 0 Å². The summed E-state index contributed by atoms with van der Waals surface area (Å²) < 4.78 is 11.6. The molecule has 0 spiro atoms. The van der Waals surface area contributed by atoms with Gasteiger partial charge in [0, 0.05) is 18.7 Å². The minimum atomic E-state index is -0.0814. The molecule has 2 aromatic carbocycles. The molecule has 0 aliphatic heterocycles. The Kier molecular flexibility index (Phi) is 8.89. The second-order valence-corrected chi connectivity index (χ2v) is 7.55. The zero-order valence-corrected chi connectivity index (χ0v) is 19.4. The molecule has 1 heterocycles. The van der Waals surface area contributed by atoms with Gasteiger partial charge in [-0.25, -0.2) is 4.98 Å². The number of carbonyl (C=O) groups is 1. The average molecular weight is 450 g/mol. The third-order valence-corrected chi connectivity index (χ3v) is 5.95. The summed E-state index contributed by atoms with van der Waals surface area (Å²) in [6.45, 7) is 7.48. The van der Waals surface area contributed by atoms with Gasteiger partial charge in [-0.05, 0) is 49.5 Å². The van der Waals surface area contributed by atoms with Crippen molar-refractivity contribution in [3.8, 4) is 11.5 Å². The van der Waals surface area contributed by atoms with Gasteiger partial charge in [0.2, 0.25) is 0 Å². The fourth-order valence-electron chi connectivity index (χ4n) is 3.11. The predicted octanol–water partition coefficient (Wildman–Crippen LogP) is 4.72. The molecule has 0 atom stereocenters. The van der Waals surface area contributed by atoms with Crippen LogP contribution in [0.1, 0.15) is 24.2 Å². The van der Waals surface area contributed by atoms with Crippen LogP contribution in [0.5, 0.6) is 11.5 Å². The Morgan fingerprint density at radius 2 is 1.70 bits per heavy atom. The number of nitrogens with zero attached hydrogens (tertiary/aromatic N) is 3. The molecule has 3 aromatic rings. The van der Waals surface area contributed by atoms with Crippen LogP contribution in [0.2, 0.25) is 0 Å². The fourth-order valence-corrected chi connectivity index (χ4v) is 4.13. The second kappa shape index (κ2) is 11.2. The summed E-state index contributed by atoms with van der Waals surface area (Å²) in [5.41, 5.74) is 1.44. The van der Waals surface area contributed by atoms with Gasteiger partial charge in [-0.3, -0.25) is 9.69 Å². The van der Waals surface area contributed by atoms with E-state index in [0.29, 0.717) is 23.0 Å². The van der Waals surface area contributed by atoms with Gasteiger partial charge in [0.15, 0.2) is 5.13 Å². The van der Waals surface area contributed by atoms with E-state index in [1.165, 1.54) is 11.3 Å². The first kappa shape index (κ1) is 23.9. The van der Waals surface area contributed by atoms with Gasteiger partial charge in [0.1, 0.15) is 11.5 Å². The highest BCUT2D eigenvalue weighted by molar-refractivity contribution is 7.22. The number of carbonyl (C=O) groups excluding carboxylic acids is 1. The van der Waals surface area contributed by atoms with E-state index in [1.807, 2.05) is 36.4 Å². The molecule has 3 rings (SSSR count). The summed E-state index contributed by atoms with van der Waals surface area (Å²) in [4.78, 5) is 22.2. The highest BCUT2D eigenvalue weighted by Crippen LogP contribution is 2.32. The number of aromatic nitrogens is 1. The molecule has 8 heteroatoms. The van der Waals surface area contributed by atoms with Crippen LogP contribution in [0.4, 0.5) is 5.13 Å². The lowest BCUT2D eigenvalue weighted by Crippen LogP contribution is -2.38. The van der Waals surface area contributed by atoms with Gasteiger partial charge in [0.05, 0.1) is 24.4 Å². The van der Waals surface area contributed by atoms with Crippen molar-refractivity contribution in [3.63, 3.8) is 0 Å². The van der Waals surface area contributed by atoms with Crippen molar-refractivity contribution >= 4 is 45.0 Å². The van der Waals surface area contributed by atoms with E-state index in [1.54, 1.807) is 25.2 Å². The highest BCUT2D eigenvalue weighted by atomic mass is 35.5. The summed E-state index contributed by atoms with van der Waals surface area (Å²) >= 11 is 1.50. The van der Waals surface area contributed by atoms with Crippen LogP contribution in [0, 0.1) is 0 Å². The molecule has 0 saturated carbocycles. The Bertz CT molecular complexity index is 975. The molecule has 0 saturated heterocycles. The number of thiazole rings is 1. The molecule has 30 heavy (non-hydrogen) atoms. The number of benzene rings is 2. The number of methoxy groups -OCH3 is 2. The summed E-state index contributed by atoms with van der Waals surface area (Å²) in [5, 5.41) is 0.688. The first-order chi connectivity index (χ1) is 14.1. The van der Waals surface area contributed by atoms with Crippen LogP contribution < -0.4 is 14.4 Å². The van der Waals surface area contributed by atoms with Crippen molar-refractivity contribution in [1.82, 2.24) is 9.88 Å². The maximum absolute atomic E-state index is 13.4. The molecule has 1 amide bonds. The van der Waals surface area contributed by atoms with Gasteiger partial charge in [-0.2, -0.15) is 0 Å². The predicted molar refractivity (Wildman–Crippen MR) is 126 cm³/mol. The largest absolute Gasteiger partial charge is 0.497 e. The fraction of sp³-hybridized carbons (Fsp3) is 0.364. The summed E-state index contributed by atoms with van der Waals surface area (Å²) in [6.07, 6.45) is 0. The molecule has 0 N–H and O–H groups in total. The Hall–Kier alpha value is -2.35. The minimum Gasteiger partial charge on any atom is -0.497 e. The first-order valence-corrected chi connectivity index (χ1v) is 10.5. The van der Waals surface area contributed by atoms with Crippen molar-refractivity contribution in [3.05, 3.63) is 48.0 Å². The van der Waals surface area contributed by atoms with Crippen molar-refractivity contribution in [2.45, 2.75) is 13.8 Å². The summed E-state index contributed by atoms with van der Waals surface area (Å²) in [5.74, 6) is 1.36. The molecule has 162 valence electrons. The van der Waals surface area contributed by atoms with Crippen LogP contribution in [0.25, 0.3) is 10.2 Å². The minimum absolute atomic E-state index is 0. The molecule has 0 aliphatic rings. The average Bonchev–Trinajstić information content (AvgIpc) is 3.19. The van der Waals surface area contributed by atoms with Crippen LogP contribution >= 0.6 is 23.7 Å². The quantitative estimate of drug-likeness (QED) is 0.473. The van der Waals surface area contributed by atoms with Gasteiger partial charge >= 0.3 is 0 Å². The van der Waals surface area contributed by atoms with Gasteiger partial charge in [-0.15, -0.1) is 12.4 Å². The van der Waals surface area contributed by atoms with Gasteiger partial charge in [0.25, 0.3) is 5.91 Å². The molecule has 0 unspecified atom stereocenters. The van der Waals surface area contributed by atoms with Crippen LogP contribution in [0.3, 0.4) is 0 Å².